The molecule has 3 nitrogen and oxygen atoms in total. The van der Waals surface area contributed by atoms with E-state index < -0.39 is 0 Å². The minimum Gasteiger partial charge on any atom is -0.343 e. The Hall–Kier alpha value is -0.570. The zero-order valence-corrected chi connectivity index (χ0v) is 9.59. The molecule has 0 unspecified atom stereocenters. The van der Waals surface area contributed by atoms with Gasteiger partial charge in [-0.15, -0.1) is 0 Å². The molecule has 0 aromatic heterocycles. The monoisotopic (exact) mass is 200 g/mol. The SMILES string of the molecule is CCCN(CC)C(=O)CCCCCN. The molecule has 0 fully saturated rings. The maximum absolute atomic E-state index is 11.6. The third-order valence-electron chi connectivity index (χ3n) is 2.32. The normalized spacial score (nSPS) is 10.2. The fourth-order valence-corrected chi connectivity index (χ4v) is 1.48. The van der Waals surface area contributed by atoms with E-state index in [4.69, 9.17) is 5.73 Å². The molecule has 0 bridgehead atoms. The standard InChI is InChI=1S/C11H24N2O/c1-3-10-13(4-2)11(14)8-6-5-7-9-12/h3-10,12H2,1-2H3. The highest BCUT2D eigenvalue weighted by Crippen LogP contribution is 2.03. The molecule has 0 aliphatic heterocycles. The Morgan fingerprint density at radius 1 is 1.21 bits per heavy atom. The topological polar surface area (TPSA) is 46.3 Å². The van der Waals surface area contributed by atoms with E-state index in [0.29, 0.717) is 12.3 Å². The van der Waals surface area contributed by atoms with Crippen molar-refractivity contribution in [3.8, 4) is 0 Å². The zero-order valence-electron chi connectivity index (χ0n) is 9.59. The van der Waals surface area contributed by atoms with Crippen molar-refractivity contribution >= 4 is 5.91 Å². The van der Waals surface area contributed by atoms with Gasteiger partial charge in [-0.2, -0.15) is 0 Å². The number of nitrogens with zero attached hydrogens (tertiary/aromatic N) is 1. The summed E-state index contributed by atoms with van der Waals surface area (Å²) in [5.41, 5.74) is 5.38. The quantitative estimate of drug-likeness (QED) is 0.607. The molecule has 0 heterocycles. The second-order valence-corrected chi connectivity index (χ2v) is 3.57. The second-order valence-electron chi connectivity index (χ2n) is 3.57. The Morgan fingerprint density at radius 2 is 1.93 bits per heavy atom. The van der Waals surface area contributed by atoms with E-state index in [1.165, 1.54) is 0 Å². The maximum atomic E-state index is 11.6. The van der Waals surface area contributed by atoms with Gasteiger partial charge in [0.2, 0.25) is 5.91 Å². The van der Waals surface area contributed by atoms with Crippen molar-refractivity contribution in [2.75, 3.05) is 19.6 Å². The fourth-order valence-electron chi connectivity index (χ4n) is 1.48. The first-order chi connectivity index (χ1) is 6.76. The molecule has 0 aromatic carbocycles. The van der Waals surface area contributed by atoms with Gasteiger partial charge in [0.15, 0.2) is 0 Å². The molecule has 0 rings (SSSR count). The van der Waals surface area contributed by atoms with Crippen LogP contribution in [0.15, 0.2) is 0 Å². The summed E-state index contributed by atoms with van der Waals surface area (Å²) in [6, 6.07) is 0. The van der Waals surface area contributed by atoms with E-state index in [9.17, 15) is 4.79 Å². The average Bonchev–Trinajstić information content (AvgIpc) is 2.20. The number of amides is 1. The largest absolute Gasteiger partial charge is 0.343 e. The molecule has 0 saturated heterocycles. The van der Waals surface area contributed by atoms with Gasteiger partial charge in [0, 0.05) is 19.5 Å². The van der Waals surface area contributed by atoms with E-state index >= 15 is 0 Å². The third-order valence-corrected chi connectivity index (χ3v) is 2.32. The predicted octanol–water partition coefficient (Wildman–Crippen LogP) is 1.76. The van der Waals surface area contributed by atoms with Crippen molar-refractivity contribution in [1.29, 1.82) is 0 Å². The molecule has 0 saturated carbocycles. The number of nitrogens with two attached hydrogens (primary N) is 1. The van der Waals surface area contributed by atoms with Gasteiger partial charge in [-0.05, 0) is 32.7 Å². The van der Waals surface area contributed by atoms with Crippen molar-refractivity contribution in [3.05, 3.63) is 0 Å². The van der Waals surface area contributed by atoms with Crippen LogP contribution >= 0.6 is 0 Å². The summed E-state index contributed by atoms with van der Waals surface area (Å²) in [7, 11) is 0. The molecule has 0 radical (unpaired) electrons. The van der Waals surface area contributed by atoms with Gasteiger partial charge < -0.3 is 10.6 Å². The number of unbranched alkanes of at least 4 members (excludes halogenated alkanes) is 2. The zero-order chi connectivity index (χ0) is 10.8. The smallest absolute Gasteiger partial charge is 0.222 e. The third kappa shape index (κ3) is 5.97. The van der Waals surface area contributed by atoms with Crippen LogP contribution in [0, 0.1) is 0 Å². The first-order valence-corrected chi connectivity index (χ1v) is 5.74. The molecular formula is C11H24N2O. The van der Waals surface area contributed by atoms with E-state index in [1.807, 2.05) is 11.8 Å². The van der Waals surface area contributed by atoms with Crippen molar-refractivity contribution in [1.82, 2.24) is 4.90 Å². The predicted molar refractivity (Wildman–Crippen MR) is 60.1 cm³/mol. The molecular weight excluding hydrogens is 176 g/mol. The summed E-state index contributed by atoms with van der Waals surface area (Å²) >= 11 is 0. The Bertz CT molecular complexity index is 148. The van der Waals surface area contributed by atoms with Gasteiger partial charge in [0.25, 0.3) is 0 Å². The first-order valence-electron chi connectivity index (χ1n) is 5.74. The molecule has 84 valence electrons. The molecule has 0 aromatic rings. The molecule has 0 spiro atoms. The van der Waals surface area contributed by atoms with E-state index in [0.717, 1.165) is 45.3 Å². The summed E-state index contributed by atoms with van der Waals surface area (Å²) in [5, 5.41) is 0. The molecule has 1 amide bonds. The van der Waals surface area contributed by atoms with Crippen molar-refractivity contribution < 1.29 is 4.79 Å². The van der Waals surface area contributed by atoms with Gasteiger partial charge in [0.1, 0.15) is 0 Å². The van der Waals surface area contributed by atoms with Crippen LogP contribution in [0.25, 0.3) is 0 Å². The number of hydrogen-bond acceptors (Lipinski definition) is 2. The van der Waals surface area contributed by atoms with Crippen LogP contribution in [-0.4, -0.2) is 30.4 Å². The molecule has 3 heteroatoms. The van der Waals surface area contributed by atoms with Gasteiger partial charge in [-0.3, -0.25) is 4.79 Å². The first kappa shape index (κ1) is 13.4. The second kappa shape index (κ2) is 9.00. The van der Waals surface area contributed by atoms with E-state index in [1.54, 1.807) is 0 Å². The van der Waals surface area contributed by atoms with Crippen LogP contribution in [0.3, 0.4) is 0 Å². The van der Waals surface area contributed by atoms with E-state index in [2.05, 4.69) is 6.92 Å². The van der Waals surface area contributed by atoms with Crippen LogP contribution in [0.1, 0.15) is 46.0 Å². The summed E-state index contributed by atoms with van der Waals surface area (Å²) in [5.74, 6) is 0.298. The number of hydrogen-bond donors (Lipinski definition) is 1. The summed E-state index contributed by atoms with van der Waals surface area (Å²) in [6.45, 7) is 6.61. The minimum atomic E-state index is 0.298. The number of carbonyl (C=O) groups is 1. The fraction of sp³-hybridized carbons (Fsp3) is 0.909. The Labute approximate surface area is 87.6 Å². The molecule has 0 atom stereocenters. The van der Waals surface area contributed by atoms with Crippen LogP contribution in [0.4, 0.5) is 0 Å². The highest BCUT2D eigenvalue weighted by molar-refractivity contribution is 5.76. The van der Waals surface area contributed by atoms with Crippen LogP contribution < -0.4 is 5.73 Å². The summed E-state index contributed by atoms with van der Waals surface area (Å²) in [6.07, 6.45) is 4.82. The number of rotatable bonds is 8. The average molecular weight is 200 g/mol. The molecule has 14 heavy (non-hydrogen) atoms. The molecule has 2 N–H and O–H groups in total. The molecule has 0 aliphatic rings. The Kier molecular flexibility index (Phi) is 8.64. The van der Waals surface area contributed by atoms with Crippen molar-refractivity contribution in [2.24, 2.45) is 5.73 Å². The van der Waals surface area contributed by atoms with Crippen LogP contribution in [0.2, 0.25) is 0 Å². The van der Waals surface area contributed by atoms with Crippen molar-refractivity contribution in [3.63, 3.8) is 0 Å². The Morgan fingerprint density at radius 3 is 2.43 bits per heavy atom. The highest BCUT2D eigenvalue weighted by Gasteiger charge is 2.08. The van der Waals surface area contributed by atoms with Crippen molar-refractivity contribution in [2.45, 2.75) is 46.0 Å². The summed E-state index contributed by atoms with van der Waals surface area (Å²) < 4.78 is 0. The van der Waals surface area contributed by atoms with Crippen LogP contribution in [-0.2, 0) is 4.79 Å². The lowest BCUT2D eigenvalue weighted by atomic mass is 10.2. The Balaban J connectivity index is 3.58. The minimum absolute atomic E-state index is 0.298. The maximum Gasteiger partial charge on any atom is 0.222 e. The lowest BCUT2D eigenvalue weighted by molar-refractivity contribution is -0.131. The van der Waals surface area contributed by atoms with Gasteiger partial charge in [-0.25, -0.2) is 0 Å². The molecule has 0 aliphatic carbocycles. The summed E-state index contributed by atoms with van der Waals surface area (Å²) in [4.78, 5) is 13.6. The van der Waals surface area contributed by atoms with Crippen LogP contribution in [0.5, 0.6) is 0 Å². The van der Waals surface area contributed by atoms with Gasteiger partial charge >= 0.3 is 0 Å². The lowest BCUT2D eigenvalue weighted by Gasteiger charge is -2.19. The van der Waals surface area contributed by atoms with Gasteiger partial charge in [0.05, 0.1) is 0 Å². The highest BCUT2D eigenvalue weighted by atomic mass is 16.2. The lowest BCUT2D eigenvalue weighted by Crippen LogP contribution is -2.31. The van der Waals surface area contributed by atoms with E-state index in [-0.39, 0.29) is 0 Å². The number of carbonyl (C=O) groups excluding carboxylic acids is 1. The van der Waals surface area contributed by atoms with Gasteiger partial charge in [-0.1, -0.05) is 13.3 Å².